The van der Waals surface area contributed by atoms with E-state index in [1.165, 1.54) is 12.1 Å². The molecule has 0 saturated carbocycles. The van der Waals surface area contributed by atoms with Crippen molar-refractivity contribution in [2.24, 2.45) is 15.4 Å². The lowest BCUT2D eigenvalue weighted by Gasteiger charge is -2.29. The highest BCUT2D eigenvalue weighted by atomic mass is 32.2. The number of carbonyl (C=O) groups excluding carboxylic acids is 1. The number of Topliss-reactive ketones (excluding diaryl/α,β-unsaturated/α-hetero) is 1. The molecule has 174 valence electrons. The van der Waals surface area contributed by atoms with E-state index in [0.29, 0.717) is 11.1 Å². The number of benzene rings is 2. The van der Waals surface area contributed by atoms with E-state index < -0.39 is 32.4 Å². The molecule has 2 aromatic carbocycles. The Morgan fingerprint density at radius 2 is 1.43 bits per heavy atom. The number of hydrogen-bond acceptors (Lipinski definition) is 8. The summed E-state index contributed by atoms with van der Waals surface area (Å²) >= 11 is 0. The Morgan fingerprint density at radius 3 is 2.00 bits per heavy atom. The molecule has 13 nitrogen and oxygen atoms in total. The highest BCUT2D eigenvalue weighted by Crippen LogP contribution is 2.40. The molecule has 0 aliphatic heterocycles. The number of ketones is 1. The molecule has 0 radical (unpaired) electrons. The van der Waals surface area contributed by atoms with Gasteiger partial charge in [-0.1, -0.05) is 58.7 Å². The monoisotopic (exact) mass is 508 g/mol. The van der Waals surface area contributed by atoms with Crippen molar-refractivity contribution in [1.29, 1.82) is 0 Å². The normalized spacial score (nSPS) is 19.7. The van der Waals surface area contributed by atoms with E-state index in [4.69, 9.17) is 11.1 Å². The second-order valence-electron chi connectivity index (χ2n) is 7.09. The molecule has 2 aromatic rings. The zero-order valence-corrected chi connectivity index (χ0v) is 19.0. The Kier molecular flexibility index (Phi) is 6.48. The van der Waals surface area contributed by atoms with E-state index in [0.717, 1.165) is 0 Å². The van der Waals surface area contributed by atoms with Gasteiger partial charge in [0.05, 0.1) is 15.4 Å². The highest BCUT2D eigenvalue weighted by Gasteiger charge is 2.40. The first-order valence-electron chi connectivity index (χ1n) is 9.70. The molecular formula is C20H12N8O5S2. The van der Waals surface area contributed by atoms with Crippen LogP contribution < -0.4 is 5.53 Å². The number of rotatable bonds is 3. The van der Waals surface area contributed by atoms with Crippen LogP contribution >= 0.6 is 0 Å². The van der Waals surface area contributed by atoms with Crippen molar-refractivity contribution in [1.82, 2.24) is 5.53 Å². The van der Waals surface area contributed by atoms with Crippen LogP contribution in [0.15, 0.2) is 64.0 Å². The van der Waals surface area contributed by atoms with Crippen LogP contribution in [0.1, 0.15) is 28.7 Å². The predicted octanol–water partition coefficient (Wildman–Crippen LogP) is 2.23. The van der Waals surface area contributed by atoms with Gasteiger partial charge < -0.3 is 0 Å². The van der Waals surface area contributed by atoms with E-state index in [-0.39, 0.29) is 44.1 Å². The lowest BCUT2D eigenvalue weighted by Crippen LogP contribution is -2.37. The number of fused-ring (bicyclic) bond motifs is 2. The van der Waals surface area contributed by atoms with E-state index in [2.05, 4.69) is 30.8 Å². The minimum Gasteiger partial charge on any atom is -0.293 e. The molecule has 0 amide bonds. The third-order valence-electron chi connectivity index (χ3n) is 5.39. The van der Waals surface area contributed by atoms with Gasteiger partial charge in [0.15, 0.2) is 5.78 Å². The van der Waals surface area contributed by atoms with E-state index in [9.17, 15) is 21.6 Å². The van der Waals surface area contributed by atoms with E-state index in [1.807, 2.05) is 0 Å². The van der Waals surface area contributed by atoms with E-state index >= 15 is 0 Å². The molecule has 1 N–H and O–H groups in total. The van der Waals surface area contributed by atoms with Gasteiger partial charge in [-0.05, 0) is 16.7 Å². The fourth-order valence-corrected chi connectivity index (χ4v) is 5.41. The molecule has 1 atom stereocenters. The van der Waals surface area contributed by atoms with Gasteiger partial charge in [0, 0.05) is 38.8 Å². The first kappa shape index (κ1) is 23.5. The number of allylic oxidation sites excluding steroid dienone is 1. The molecule has 0 heterocycles. The maximum Gasteiger partial charge on any atom is 0.218 e. The van der Waals surface area contributed by atoms with Gasteiger partial charge in [0.1, 0.15) is 6.04 Å². The first-order chi connectivity index (χ1) is 16.9. The van der Waals surface area contributed by atoms with Crippen LogP contribution in [0.5, 0.6) is 0 Å². The molecule has 2 aliphatic rings. The van der Waals surface area contributed by atoms with Crippen molar-refractivity contribution >= 4 is 53.0 Å². The average Bonchev–Trinajstić information content (AvgIpc) is 2.84. The van der Waals surface area contributed by atoms with Gasteiger partial charge in [0.25, 0.3) is 0 Å². The van der Waals surface area contributed by atoms with Gasteiger partial charge in [-0.15, -0.1) is 11.1 Å². The van der Waals surface area contributed by atoms with Crippen molar-refractivity contribution < 1.29 is 21.6 Å². The molecule has 0 spiro atoms. The topological polar surface area (TPSA) is 207 Å². The van der Waals surface area contributed by atoms with Crippen molar-refractivity contribution in [3.8, 4) is 0 Å². The summed E-state index contributed by atoms with van der Waals surface area (Å²) in [6.07, 6.45) is -0.258. The van der Waals surface area contributed by atoms with Crippen LogP contribution in [0, 0.1) is 0 Å². The summed E-state index contributed by atoms with van der Waals surface area (Å²) in [4.78, 5) is 18.5. The summed E-state index contributed by atoms with van der Waals surface area (Å²) in [6.45, 7) is 0. The molecule has 1 unspecified atom stereocenters. The second kappa shape index (κ2) is 9.67. The number of hydrazone groups is 1. The number of nitrogens with one attached hydrogen (secondary N) is 1. The Bertz CT molecular complexity index is 1730. The van der Waals surface area contributed by atoms with Crippen LogP contribution in [0.4, 0.5) is 0 Å². The first-order valence-corrected chi connectivity index (χ1v) is 11.8. The van der Waals surface area contributed by atoms with Crippen molar-refractivity contribution in [3.05, 3.63) is 91.7 Å². The SMILES string of the molecule is [N-]=[N+]=NNN=C1CC(=S(=O)=O)c2ccccc2C1=C1C(=O)C(N=[N+]=[N-])C(=S(=O)=O)c2ccccc21. The van der Waals surface area contributed by atoms with Crippen LogP contribution in [0.25, 0.3) is 32.0 Å². The van der Waals surface area contributed by atoms with Crippen LogP contribution in [0.2, 0.25) is 0 Å². The second-order valence-corrected chi connectivity index (χ2v) is 8.97. The molecule has 0 bridgehead atoms. The quantitative estimate of drug-likeness (QED) is 0.164. The molecule has 35 heavy (non-hydrogen) atoms. The number of nitrogens with zero attached hydrogens (tertiary/aromatic N) is 7. The Balaban J connectivity index is 2.22. The summed E-state index contributed by atoms with van der Waals surface area (Å²) in [5, 5.41) is 10.6. The number of azide groups is 2. The molecule has 0 saturated heterocycles. The average molecular weight is 509 g/mol. The Labute approximate surface area is 199 Å². The number of carbonyl (C=O) groups is 1. The maximum absolute atomic E-state index is 13.7. The summed E-state index contributed by atoms with van der Waals surface area (Å²) in [5.74, 6) is -0.811. The lowest BCUT2D eigenvalue weighted by atomic mass is 9.75. The smallest absolute Gasteiger partial charge is 0.218 e. The summed E-state index contributed by atoms with van der Waals surface area (Å²) in [7, 11) is -5.52. The standard InChI is InChI=1S/C20H12N8O5S2/c21-25-24-18-19(29)17(12-7-3-4-8-13(12)20(18)35(32)33)16-11-6-2-1-5-10(11)15(34(30)31)9-14(16)23-27-28-26-22/h1-8,18,27H,9H2. The predicted molar refractivity (Wildman–Crippen MR) is 128 cm³/mol. The summed E-state index contributed by atoms with van der Waals surface area (Å²) < 4.78 is 48.1. The van der Waals surface area contributed by atoms with Crippen molar-refractivity contribution in [3.63, 3.8) is 0 Å². The maximum atomic E-state index is 13.7. The van der Waals surface area contributed by atoms with Gasteiger partial charge in [-0.2, -0.15) is 21.7 Å². The summed E-state index contributed by atoms with van der Waals surface area (Å²) in [5.41, 5.74) is 21.0. The van der Waals surface area contributed by atoms with Gasteiger partial charge in [-0.25, -0.2) is 0 Å². The van der Waals surface area contributed by atoms with Gasteiger partial charge in [0.2, 0.25) is 20.6 Å². The zero-order valence-electron chi connectivity index (χ0n) is 17.4. The van der Waals surface area contributed by atoms with E-state index in [1.54, 1.807) is 36.4 Å². The fraction of sp³-hybridized carbons (Fsp3) is 0.100. The summed E-state index contributed by atoms with van der Waals surface area (Å²) in [6, 6.07) is 10.9. The fourth-order valence-electron chi connectivity index (χ4n) is 4.11. The highest BCUT2D eigenvalue weighted by molar-refractivity contribution is 7.74. The Morgan fingerprint density at radius 1 is 0.829 bits per heavy atom. The third-order valence-corrected chi connectivity index (χ3v) is 6.96. The molecule has 0 aromatic heterocycles. The van der Waals surface area contributed by atoms with Gasteiger partial charge in [-0.3, -0.25) is 4.79 Å². The minimum atomic E-state index is -2.88. The Hall–Kier alpha value is -4.68. The third kappa shape index (κ3) is 4.07. The van der Waals surface area contributed by atoms with Crippen molar-refractivity contribution in [2.75, 3.05) is 0 Å². The van der Waals surface area contributed by atoms with Crippen LogP contribution in [-0.4, -0.2) is 44.1 Å². The number of hydrogen-bond donors (Lipinski definition) is 1. The molecular weight excluding hydrogens is 496 g/mol. The minimum absolute atomic E-state index is 0.0116. The molecule has 4 rings (SSSR count). The largest absolute Gasteiger partial charge is 0.293 e. The zero-order chi connectivity index (χ0) is 25.1. The lowest BCUT2D eigenvalue weighted by molar-refractivity contribution is -0.113. The molecule has 2 aliphatic carbocycles. The molecule has 15 heteroatoms. The molecule has 0 fully saturated rings. The van der Waals surface area contributed by atoms with Gasteiger partial charge >= 0.3 is 0 Å². The van der Waals surface area contributed by atoms with Crippen LogP contribution in [0.3, 0.4) is 0 Å². The van der Waals surface area contributed by atoms with Crippen molar-refractivity contribution in [2.45, 2.75) is 12.5 Å². The van der Waals surface area contributed by atoms with Crippen LogP contribution in [-0.2, 0) is 25.4 Å².